The second-order valence-electron chi connectivity index (χ2n) is 2.59. The average molecular weight is 250 g/mol. The van der Waals surface area contributed by atoms with Crippen molar-refractivity contribution in [3.63, 3.8) is 0 Å². The smallest absolute Gasteiger partial charge is 0.252 e. The van der Waals surface area contributed by atoms with Crippen molar-refractivity contribution in [3.8, 4) is 0 Å². The van der Waals surface area contributed by atoms with Crippen molar-refractivity contribution in [2.45, 2.75) is 0 Å². The average Bonchev–Trinajstić information content (AvgIpc) is 2.24. The van der Waals surface area contributed by atoms with E-state index in [-0.39, 0.29) is 16.7 Å². The minimum absolute atomic E-state index is 0.0525. The monoisotopic (exact) mass is 249 g/mol. The number of benzene rings is 1. The summed E-state index contributed by atoms with van der Waals surface area (Å²) >= 11 is 11.3. The second kappa shape index (κ2) is 5.16. The molecular weight excluding hydrogens is 242 g/mol. The lowest BCUT2D eigenvalue weighted by molar-refractivity contribution is -0.619. The molecule has 0 amide bonds. The minimum Gasteiger partial charge on any atom is -0.271 e. The van der Waals surface area contributed by atoms with Crippen molar-refractivity contribution in [2.75, 3.05) is 6.67 Å². The summed E-state index contributed by atoms with van der Waals surface area (Å²) in [5.74, 6) is -0.597. The molecule has 0 aromatic heterocycles. The fraction of sp³-hybridized carbons (Fsp3) is 0.125. The van der Waals surface area contributed by atoms with E-state index in [1.54, 1.807) is 0 Å². The standard InChI is InChI=1S/C8H8Cl2FN4/c9-7-5(3-14-15(13)4-12)1-2-6(11)8(7)10/h1-3,13H,4,12H2/q+1/b14-3+,15-13?. The first-order valence-electron chi connectivity index (χ1n) is 3.92. The Balaban J connectivity index is 3.02. The molecule has 7 heteroatoms. The Hall–Kier alpha value is -1.04. The molecule has 0 fully saturated rings. The molecule has 80 valence electrons. The maximum Gasteiger partial charge on any atom is 0.252 e. The lowest BCUT2D eigenvalue weighted by Gasteiger charge is -1.99. The van der Waals surface area contributed by atoms with Gasteiger partial charge in [-0.05, 0) is 17.7 Å². The molecule has 0 unspecified atom stereocenters. The zero-order valence-electron chi connectivity index (χ0n) is 7.54. The first kappa shape index (κ1) is 12.0. The molecule has 3 N–H and O–H groups in total. The van der Waals surface area contributed by atoms with Gasteiger partial charge in [-0.15, -0.1) is 0 Å². The van der Waals surface area contributed by atoms with Gasteiger partial charge in [-0.1, -0.05) is 23.2 Å². The van der Waals surface area contributed by atoms with E-state index in [0.29, 0.717) is 5.56 Å². The van der Waals surface area contributed by atoms with Crippen LogP contribution in [0.25, 0.3) is 0 Å². The largest absolute Gasteiger partial charge is 0.271 e. The Morgan fingerprint density at radius 3 is 2.73 bits per heavy atom. The maximum atomic E-state index is 12.9. The molecule has 0 aliphatic rings. The fourth-order valence-electron chi connectivity index (χ4n) is 0.820. The van der Waals surface area contributed by atoms with Gasteiger partial charge in [0.15, 0.2) is 0 Å². The third-order valence-electron chi connectivity index (χ3n) is 1.57. The third kappa shape index (κ3) is 2.95. The fourth-order valence-corrected chi connectivity index (χ4v) is 1.19. The molecule has 0 aliphatic heterocycles. The van der Waals surface area contributed by atoms with E-state index in [0.717, 1.165) is 4.81 Å². The summed E-state index contributed by atoms with van der Waals surface area (Å²) in [6.07, 6.45) is 1.29. The summed E-state index contributed by atoms with van der Waals surface area (Å²) in [4.78, 5) is 0.758. The molecule has 1 rings (SSSR count). The van der Waals surface area contributed by atoms with Gasteiger partial charge >= 0.3 is 0 Å². The van der Waals surface area contributed by atoms with Crippen LogP contribution >= 0.6 is 23.2 Å². The van der Waals surface area contributed by atoms with Gasteiger partial charge in [-0.25, -0.2) is 4.39 Å². The van der Waals surface area contributed by atoms with Gasteiger partial charge in [0.25, 0.3) is 6.67 Å². The summed E-state index contributed by atoms with van der Waals surface area (Å²) in [5.41, 5.74) is 12.7. The molecule has 0 atom stereocenters. The SMILES string of the molecule is N=[N+](CN)/N=C/c1ccc(F)c(Cl)c1Cl. The van der Waals surface area contributed by atoms with E-state index in [1.165, 1.54) is 18.3 Å². The second-order valence-corrected chi connectivity index (χ2v) is 3.35. The predicted octanol–water partition coefficient (Wildman–Crippen LogP) is 2.43. The number of hydrogen-bond acceptors (Lipinski definition) is 2. The topological polar surface area (TPSA) is 65.2 Å². The summed E-state index contributed by atoms with van der Waals surface area (Å²) in [6.45, 7) is -0.0525. The van der Waals surface area contributed by atoms with E-state index in [9.17, 15) is 4.39 Å². The number of halogens is 3. The number of nitrogens with two attached hydrogens (primary N) is 1. The molecule has 0 aliphatic carbocycles. The van der Waals surface area contributed by atoms with Gasteiger partial charge in [0.05, 0.1) is 10.0 Å². The third-order valence-corrected chi connectivity index (χ3v) is 2.45. The van der Waals surface area contributed by atoms with Gasteiger partial charge < -0.3 is 0 Å². The normalized spacial score (nSPS) is 10.9. The van der Waals surface area contributed by atoms with Crippen LogP contribution in [0, 0.1) is 11.3 Å². The van der Waals surface area contributed by atoms with Crippen LogP contribution in [-0.4, -0.2) is 17.7 Å². The first-order valence-corrected chi connectivity index (χ1v) is 4.68. The highest BCUT2D eigenvalue weighted by atomic mass is 35.5. The van der Waals surface area contributed by atoms with Gasteiger partial charge in [0.1, 0.15) is 12.0 Å². The molecule has 0 bridgehead atoms. The van der Waals surface area contributed by atoms with Crippen LogP contribution in [0.2, 0.25) is 10.0 Å². The molecule has 15 heavy (non-hydrogen) atoms. The molecule has 1 aromatic rings. The number of nitrogens with zero attached hydrogens (tertiary/aromatic N) is 2. The van der Waals surface area contributed by atoms with Crippen molar-refractivity contribution in [3.05, 3.63) is 33.6 Å². The number of nitrogens with one attached hydrogen (secondary N) is 1. The van der Waals surface area contributed by atoms with Gasteiger partial charge in [-0.3, -0.25) is 5.73 Å². The lowest BCUT2D eigenvalue weighted by atomic mass is 10.2. The molecule has 0 spiro atoms. The molecular formula is C8H8Cl2FN4+. The summed E-state index contributed by atoms with van der Waals surface area (Å²) < 4.78 is 12.9. The Labute approximate surface area is 95.6 Å². The van der Waals surface area contributed by atoms with E-state index < -0.39 is 5.82 Å². The zero-order valence-corrected chi connectivity index (χ0v) is 9.06. The zero-order chi connectivity index (χ0) is 11.4. The first-order chi connectivity index (χ1) is 7.06. The van der Waals surface area contributed by atoms with Crippen LogP contribution in [0.15, 0.2) is 17.2 Å². The highest BCUT2D eigenvalue weighted by Crippen LogP contribution is 2.27. The van der Waals surface area contributed by atoms with Crippen molar-refractivity contribution < 1.29 is 9.20 Å². The van der Waals surface area contributed by atoms with Crippen molar-refractivity contribution >= 4 is 29.4 Å². The van der Waals surface area contributed by atoms with Crippen molar-refractivity contribution in [1.82, 2.24) is 0 Å². The molecule has 0 radical (unpaired) electrons. The van der Waals surface area contributed by atoms with E-state index in [4.69, 9.17) is 34.5 Å². The molecule has 1 aromatic carbocycles. The number of rotatable bonds is 3. The number of hydrazone groups is 1. The molecule has 0 saturated heterocycles. The highest BCUT2D eigenvalue weighted by Gasteiger charge is 2.09. The Kier molecular flexibility index (Phi) is 4.14. The van der Waals surface area contributed by atoms with Crippen molar-refractivity contribution in [2.24, 2.45) is 10.8 Å². The minimum atomic E-state index is -0.597. The van der Waals surface area contributed by atoms with Crippen LogP contribution in [-0.2, 0) is 0 Å². The van der Waals surface area contributed by atoms with E-state index >= 15 is 0 Å². The lowest BCUT2D eigenvalue weighted by Crippen LogP contribution is -2.11. The van der Waals surface area contributed by atoms with E-state index in [2.05, 4.69) is 5.10 Å². The molecule has 0 heterocycles. The molecule has 4 nitrogen and oxygen atoms in total. The summed E-state index contributed by atoms with van der Waals surface area (Å²) in [6, 6.07) is 2.59. The maximum absolute atomic E-state index is 12.9. The van der Waals surface area contributed by atoms with Crippen molar-refractivity contribution in [1.29, 1.82) is 5.53 Å². The van der Waals surface area contributed by atoms with Crippen LogP contribution < -0.4 is 5.73 Å². The van der Waals surface area contributed by atoms with Gasteiger partial charge in [0, 0.05) is 15.5 Å². The Bertz CT molecular complexity index is 419. The van der Waals surface area contributed by atoms with Gasteiger partial charge in [0.2, 0.25) is 0 Å². The van der Waals surface area contributed by atoms with Crippen LogP contribution in [0.3, 0.4) is 0 Å². The van der Waals surface area contributed by atoms with Crippen LogP contribution in [0.1, 0.15) is 5.56 Å². The number of hydrogen-bond donors (Lipinski definition) is 2. The summed E-state index contributed by atoms with van der Waals surface area (Å²) in [5, 5.41) is 3.53. The Morgan fingerprint density at radius 1 is 1.47 bits per heavy atom. The van der Waals surface area contributed by atoms with Crippen LogP contribution in [0.5, 0.6) is 0 Å². The summed E-state index contributed by atoms with van der Waals surface area (Å²) in [7, 11) is 0. The quantitative estimate of drug-likeness (QED) is 0.212. The highest BCUT2D eigenvalue weighted by molar-refractivity contribution is 6.43. The van der Waals surface area contributed by atoms with Gasteiger partial charge in [-0.2, -0.15) is 0 Å². The Morgan fingerprint density at radius 2 is 2.13 bits per heavy atom. The van der Waals surface area contributed by atoms with E-state index in [1.807, 2.05) is 0 Å². The predicted molar refractivity (Wildman–Crippen MR) is 56.0 cm³/mol. The molecule has 0 saturated carbocycles. The van der Waals surface area contributed by atoms with Crippen LogP contribution in [0.4, 0.5) is 4.39 Å².